The van der Waals surface area contributed by atoms with Crippen molar-refractivity contribution < 1.29 is 4.79 Å². The molecule has 1 aliphatic carbocycles. The summed E-state index contributed by atoms with van der Waals surface area (Å²) in [6, 6.07) is 4.24. The number of nitrogens with zero attached hydrogens (tertiary/aromatic N) is 3. The van der Waals surface area contributed by atoms with Crippen LogP contribution in [0.4, 0.5) is 10.6 Å². The predicted octanol–water partition coefficient (Wildman–Crippen LogP) is 3.83. The molecule has 3 aromatic rings. The average molecular weight is 411 g/mol. The Morgan fingerprint density at radius 3 is 3.03 bits per heavy atom. The number of amides is 2. The quantitative estimate of drug-likeness (QED) is 0.597. The van der Waals surface area contributed by atoms with Crippen molar-refractivity contribution in [2.75, 3.05) is 18.4 Å². The van der Waals surface area contributed by atoms with Gasteiger partial charge in [-0.3, -0.25) is 5.32 Å². The van der Waals surface area contributed by atoms with Gasteiger partial charge in [0.05, 0.1) is 0 Å². The van der Waals surface area contributed by atoms with Gasteiger partial charge in [-0.05, 0) is 50.3 Å². The number of pyridine rings is 1. The number of fused-ring (bicyclic) bond motifs is 1. The van der Waals surface area contributed by atoms with E-state index in [1.54, 1.807) is 0 Å². The summed E-state index contributed by atoms with van der Waals surface area (Å²) in [5.74, 6) is 1.38. The molecule has 0 aromatic carbocycles. The largest absolute Gasteiger partial charge is 0.334 e. The number of rotatable bonds is 5. The summed E-state index contributed by atoms with van der Waals surface area (Å²) < 4.78 is 2.27. The van der Waals surface area contributed by atoms with E-state index in [0.717, 1.165) is 60.0 Å². The summed E-state index contributed by atoms with van der Waals surface area (Å²) >= 11 is 1.52. The summed E-state index contributed by atoms with van der Waals surface area (Å²) in [5.41, 5.74) is 2.02. The second kappa shape index (κ2) is 8.12. The molecule has 1 saturated heterocycles. The third-order valence-corrected chi connectivity index (χ3v) is 6.80. The lowest BCUT2D eigenvalue weighted by molar-refractivity contribution is 0.245. The lowest BCUT2D eigenvalue weighted by Gasteiger charge is -2.25. The Morgan fingerprint density at radius 1 is 1.31 bits per heavy atom. The van der Waals surface area contributed by atoms with Gasteiger partial charge in [-0.15, -0.1) is 11.3 Å². The molecule has 0 radical (unpaired) electrons. The highest BCUT2D eigenvalue weighted by atomic mass is 32.1. The molecule has 0 spiro atoms. The first-order valence-corrected chi connectivity index (χ1v) is 11.3. The zero-order valence-corrected chi connectivity index (χ0v) is 17.2. The lowest BCUT2D eigenvalue weighted by Crippen LogP contribution is -2.47. The molecule has 7 nitrogen and oxygen atoms in total. The van der Waals surface area contributed by atoms with Crippen molar-refractivity contribution in [1.29, 1.82) is 0 Å². The first-order chi connectivity index (χ1) is 14.2. The van der Waals surface area contributed by atoms with E-state index in [9.17, 15) is 4.79 Å². The van der Waals surface area contributed by atoms with Crippen LogP contribution < -0.4 is 16.0 Å². The second-order valence-electron chi connectivity index (χ2n) is 8.08. The Hall–Kier alpha value is -2.45. The van der Waals surface area contributed by atoms with Gasteiger partial charge in [0.15, 0.2) is 0 Å². The van der Waals surface area contributed by atoms with Crippen LogP contribution in [0.3, 0.4) is 0 Å². The van der Waals surface area contributed by atoms with Crippen LogP contribution in [0, 0.1) is 5.92 Å². The molecule has 2 amide bonds. The summed E-state index contributed by atoms with van der Waals surface area (Å²) in [7, 11) is 0. The van der Waals surface area contributed by atoms with Gasteiger partial charge in [0, 0.05) is 47.9 Å². The van der Waals surface area contributed by atoms with E-state index >= 15 is 0 Å². The Balaban J connectivity index is 1.25. The molecule has 0 bridgehead atoms. The first kappa shape index (κ1) is 18.6. The lowest BCUT2D eigenvalue weighted by atomic mass is 9.85. The summed E-state index contributed by atoms with van der Waals surface area (Å²) in [6.45, 7) is 2.91. The average Bonchev–Trinajstić information content (AvgIpc) is 3.32. The summed E-state index contributed by atoms with van der Waals surface area (Å²) in [4.78, 5) is 21.5. The van der Waals surface area contributed by atoms with Crippen molar-refractivity contribution in [1.82, 2.24) is 25.2 Å². The molecule has 1 aliphatic heterocycles. The van der Waals surface area contributed by atoms with Gasteiger partial charge in [0.25, 0.3) is 0 Å². The number of aromatic nitrogens is 3. The van der Waals surface area contributed by atoms with Gasteiger partial charge in [-0.1, -0.05) is 6.42 Å². The van der Waals surface area contributed by atoms with Crippen molar-refractivity contribution in [3.8, 4) is 10.6 Å². The van der Waals surface area contributed by atoms with E-state index in [1.807, 2.05) is 11.6 Å². The zero-order chi connectivity index (χ0) is 19.6. The fourth-order valence-corrected chi connectivity index (χ4v) is 4.81. The monoisotopic (exact) mass is 410 g/mol. The van der Waals surface area contributed by atoms with E-state index in [4.69, 9.17) is 4.98 Å². The maximum atomic E-state index is 12.2. The van der Waals surface area contributed by atoms with Crippen LogP contribution in [-0.4, -0.2) is 39.7 Å². The maximum Gasteiger partial charge on any atom is 0.320 e. The molecular formula is C21H26N6OS. The Bertz CT molecular complexity index is 1000. The van der Waals surface area contributed by atoms with E-state index < -0.39 is 0 Å². The van der Waals surface area contributed by atoms with Gasteiger partial charge < -0.3 is 15.2 Å². The van der Waals surface area contributed by atoms with Crippen LogP contribution in [0.15, 0.2) is 29.9 Å². The number of urea groups is 1. The molecule has 3 aromatic heterocycles. The van der Waals surface area contributed by atoms with Gasteiger partial charge in [-0.25, -0.2) is 14.8 Å². The van der Waals surface area contributed by atoms with Crippen molar-refractivity contribution >= 4 is 34.2 Å². The molecule has 1 saturated carbocycles. The Morgan fingerprint density at radius 2 is 2.24 bits per heavy atom. The van der Waals surface area contributed by atoms with Crippen molar-refractivity contribution in [2.24, 2.45) is 5.92 Å². The van der Waals surface area contributed by atoms with E-state index in [0.29, 0.717) is 5.82 Å². The zero-order valence-electron chi connectivity index (χ0n) is 16.4. The van der Waals surface area contributed by atoms with Crippen LogP contribution in [-0.2, 0) is 6.54 Å². The highest BCUT2D eigenvalue weighted by Gasteiger charge is 2.19. The molecule has 0 unspecified atom stereocenters. The molecule has 152 valence electrons. The minimum atomic E-state index is -0.197. The number of anilines is 1. The molecule has 5 rings (SSSR count). The summed E-state index contributed by atoms with van der Waals surface area (Å²) in [6.07, 6.45) is 10.1. The highest BCUT2D eigenvalue weighted by Crippen LogP contribution is 2.31. The number of hydrogen-bond acceptors (Lipinski definition) is 5. The molecule has 8 heteroatoms. The molecular weight excluding hydrogens is 384 g/mol. The predicted molar refractivity (Wildman–Crippen MR) is 116 cm³/mol. The standard InChI is InChI=1S/C21H26N6OS/c28-21(24-17-5-2-7-22-11-17)26-18-13-29-20(25-18)16-9-15-6-8-27(19(15)23-10-16)12-14-3-1-4-14/h6,8-10,13-14,17,22H,1-5,7,11-12H2,(H2,24,26,28)/t17-/m0/s1. The normalized spacial score (nSPS) is 19.8. The minimum Gasteiger partial charge on any atom is -0.334 e. The molecule has 3 N–H and O–H groups in total. The van der Waals surface area contributed by atoms with Crippen LogP contribution in [0.25, 0.3) is 21.6 Å². The topological polar surface area (TPSA) is 83.9 Å². The van der Waals surface area contributed by atoms with E-state index in [2.05, 4.69) is 43.8 Å². The fourth-order valence-electron chi connectivity index (χ4n) is 4.07. The fraction of sp³-hybridized carbons (Fsp3) is 0.476. The Labute approximate surface area is 173 Å². The van der Waals surface area contributed by atoms with Crippen LogP contribution in [0.2, 0.25) is 0 Å². The molecule has 4 heterocycles. The van der Waals surface area contributed by atoms with Crippen LogP contribution in [0.1, 0.15) is 32.1 Å². The van der Waals surface area contributed by atoms with Gasteiger partial charge in [0.2, 0.25) is 0 Å². The molecule has 1 atom stereocenters. The smallest absolute Gasteiger partial charge is 0.320 e. The van der Waals surface area contributed by atoms with Crippen molar-refractivity contribution in [3.05, 3.63) is 29.9 Å². The first-order valence-electron chi connectivity index (χ1n) is 10.4. The Kier molecular flexibility index (Phi) is 5.20. The molecule has 2 fully saturated rings. The minimum absolute atomic E-state index is 0.178. The number of hydrogen-bond donors (Lipinski definition) is 3. The number of thiazole rings is 1. The van der Waals surface area contributed by atoms with Crippen molar-refractivity contribution in [3.63, 3.8) is 0 Å². The SMILES string of the molecule is O=C(Nc1csc(-c2cnc3c(ccn3CC3CCC3)c2)n1)N[C@H]1CCCNC1. The van der Waals surface area contributed by atoms with E-state index in [-0.39, 0.29) is 12.1 Å². The highest BCUT2D eigenvalue weighted by molar-refractivity contribution is 7.13. The van der Waals surface area contributed by atoms with Gasteiger partial charge in [0.1, 0.15) is 16.5 Å². The summed E-state index contributed by atoms with van der Waals surface area (Å²) in [5, 5.41) is 13.0. The third kappa shape index (κ3) is 4.13. The number of nitrogens with one attached hydrogen (secondary N) is 3. The second-order valence-corrected chi connectivity index (χ2v) is 8.94. The van der Waals surface area contributed by atoms with Crippen LogP contribution in [0.5, 0.6) is 0 Å². The molecule has 29 heavy (non-hydrogen) atoms. The van der Waals surface area contributed by atoms with Crippen LogP contribution >= 0.6 is 11.3 Å². The van der Waals surface area contributed by atoms with Gasteiger partial charge >= 0.3 is 6.03 Å². The van der Waals surface area contributed by atoms with Gasteiger partial charge in [-0.2, -0.15) is 0 Å². The van der Waals surface area contributed by atoms with Crippen molar-refractivity contribution in [2.45, 2.75) is 44.7 Å². The number of carbonyl (C=O) groups excluding carboxylic acids is 1. The maximum absolute atomic E-state index is 12.2. The number of piperidine rings is 1. The van der Waals surface area contributed by atoms with E-state index in [1.165, 1.54) is 30.6 Å². The third-order valence-electron chi connectivity index (χ3n) is 5.91. The molecule has 2 aliphatic rings. The number of carbonyl (C=O) groups is 1.